The summed E-state index contributed by atoms with van der Waals surface area (Å²) in [5.74, 6) is 1.43. The van der Waals surface area contributed by atoms with Gasteiger partial charge in [0, 0.05) is 32.0 Å². The molecule has 10 heteroatoms. The fourth-order valence-electron chi connectivity index (χ4n) is 6.61. The molecular formula is C34H39N3O6S. The van der Waals surface area contributed by atoms with E-state index in [0.29, 0.717) is 39.3 Å². The molecule has 7 rings (SSSR count). The molecule has 6 bridgehead atoms. The number of hydrogen-bond acceptors (Lipinski definition) is 6. The number of nitrogens with zero attached hydrogens (tertiary/aromatic N) is 2. The van der Waals surface area contributed by atoms with Gasteiger partial charge in [0.25, 0.3) is 0 Å². The van der Waals surface area contributed by atoms with E-state index in [4.69, 9.17) is 9.47 Å². The van der Waals surface area contributed by atoms with Gasteiger partial charge in [-0.2, -0.15) is 0 Å². The Balaban J connectivity index is 1.24. The van der Waals surface area contributed by atoms with Gasteiger partial charge in [0.15, 0.2) is 0 Å². The smallest absolute Gasteiger partial charge is 0.227 e. The van der Waals surface area contributed by atoms with Crippen molar-refractivity contribution in [3.05, 3.63) is 94.5 Å². The zero-order chi connectivity index (χ0) is 30.7. The lowest BCUT2D eigenvalue weighted by molar-refractivity contribution is -0.137. The van der Waals surface area contributed by atoms with Gasteiger partial charge in [0.05, 0.1) is 25.4 Å². The molecule has 3 aromatic carbocycles. The molecule has 1 unspecified atom stereocenters. The topological polar surface area (TPSA) is 105 Å². The highest BCUT2D eigenvalue weighted by Crippen LogP contribution is 2.40. The molecular weight excluding hydrogens is 578 g/mol. The number of sulfonamides is 1. The van der Waals surface area contributed by atoms with E-state index in [1.807, 2.05) is 36.4 Å². The summed E-state index contributed by atoms with van der Waals surface area (Å²) < 4.78 is 37.5. The van der Waals surface area contributed by atoms with Gasteiger partial charge in [-0.3, -0.25) is 9.59 Å². The zero-order valence-corrected chi connectivity index (χ0v) is 25.9. The summed E-state index contributed by atoms with van der Waals surface area (Å²) in [7, 11) is -3.37. The fourth-order valence-corrected chi connectivity index (χ4v) is 7.09. The summed E-state index contributed by atoms with van der Waals surface area (Å²) in [6.45, 7) is 2.21. The number of amides is 2. The molecule has 0 spiro atoms. The number of benzene rings is 3. The molecule has 3 aromatic rings. The van der Waals surface area contributed by atoms with Crippen molar-refractivity contribution in [3.8, 4) is 11.5 Å². The van der Waals surface area contributed by atoms with Crippen LogP contribution >= 0.6 is 0 Å². The van der Waals surface area contributed by atoms with Crippen molar-refractivity contribution in [3.63, 3.8) is 0 Å². The lowest BCUT2D eigenvalue weighted by Crippen LogP contribution is -2.44. The highest BCUT2D eigenvalue weighted by atomic mass is 32.2. The molecule has 3 heterocycles. The molecule has 1 aliphatic carbocycles. The van der Waals surface area contributed by atoms with E-state index in [1.165, 1.54) is 11.1 Å². The van der Waals surface area contributed by atoms with Gasteiger partial charge in [-0.1, -0.05) is 42.5 Å². The van der Waals surface area contributed by atoms with Crippen molar-refractivity contribution in [1.29, 1.82) is 0 Å². The molecule has 0 fully saturated rings. The van der Waals surface area contributed by atoms with Crippen molar-refractivity contribution in [2.45, 2.75) is 38.1 Å². The second-order valence-electron chi connectivity index (χ2n) is 11.8. The number of rotatable bonds is 5. The second kappa shape index (κ2) is 13.0. The fraction of sp³-hybridized carbons (Fsp3) is 0.412. The quantitative estimate of drug-likeness (QED) is 0.470. The number of carbonyl (C=O) groups excluding carboxylic acids is 2. The highest BCUT2D eigenvalue weighted by molar-refractivity contribution is 7.88. The predicted molar refractivity (Wildman–Crippen MR) is 167 cm³/mol. The zero-order valence-electron chi connectivity index (χ0n) is 25.0. The number of fused-ring (bicyclic) bond motifs is 9. The van der Waals surface area contributed by atoms with E-state index in [9.17, 15) is 18.0 Å². The van der Waals surface area contributed by atoms with Crippen LogP contribution < -0.4 is 14.2 Å². The highest BCUT2D eigenvalue weighted by Gasteiger charge is 2.37. The monoisotopic (exact) mass is 617 g/mol. The Bertz CT molecular complexity index is 1620. The van der Waals surface area contributed by atoms with Crippen molar-refractivity contribution in [1.82, 2.24) is 14.5 Å². The van der Waals surface area contributed by atoms with Gasteiger partial charge in [0.1, 0.15) is 18.1 Å². The summed E-state index contributed by atoms with van der Waals surface area (Å²) in [6.07, 6.45) is 4.02. The first-order valence-corrected chi connectivity index (χ1v) is 17.2. The minimum absolute atomic E-state index is 0.0531. The SMILES string of the molecule is CS(=O)(=O)NCCC(=O)N1CCCOc2cccc(c2)C2c3ccc(cc3CCN2C(=O)C2Cc3ccccc3C2)OCC1. The van der Waals surface area contributed by atoms with Crippen LogP contribution in [0, 0.1) is 5.92 Å². The van der Waals surface area contributed by atoms with E-state index in [-0.39, 0.29) is 36.7 Å². The Labute approximate surface area is 259 Å². The maximum Gasteiger partial charge on any atom is 0.227 e. The Kier molecular flexibility index (Phi) is 8.91. The number of carbonyl (C=O) groups is 2. The molecule has 44 heavy (non-hydrogen) atoms. The summed E-state index contributed by atoms with van der Waals surface area (Å²) in [4.78, 5) is 30.8. The first-order valence-electron chi connectivity index (χ1n) is 15.3. The largest absolute Gasteiger partial charge is 0.494 e. The molecule has 0 radical (unpaired) electrons. The maximum absolute atomic E-state index is 14.1. The van der Waals surface area contributed by atoms with E-state index in [2.05, 4.69) is 40.0 Å². The lowest BCUT2D eigenvalue weighted by Gasteiger charge is -2.39. The molecule has 0 aromatic heterocycles. The number of hydrogen-bond donors (Lipinski definition) is 1. The molecule has 1 atom stereocenters. The Morgan fingerprint density at radius 2 is 1.61 bits per heavy atom. The third-order valence-corrected chi connectivity index (χ3v) is 9.46. The van der Waals surface area contributed by atoms with Crippen LogP contribution in [-0.2, 0) is 38.9 Å². The first kappa shape index (κ1) is 30.1. The minimum atomic E-state index is -3.37. The van der Waals surface area contributed by atoms with E-state index in [0.717, 1.165) is 53.7 Å². The molecule has 0 saturated heterocycles. The van der Waals surface area contributed by atoms with Gasteiger partial charge >= 0.3 is 0 Å². The van der Waals surface area contributed by atoms with Crippen molar-refractivity contribution in [2.24, 2.45) is 5.92 Å². The maximum atomic E-state index is 14.1. The van der Waals surface area contributed by atoms with Gasteiger partial charge < -0.3 is 19.3 Å². The van der Waals surface area contributed by atoms with E-state index in [1.54, 1.807) is 4.90 Å². The van der Waals surface area contributed by atoms with Crippen molar-refractivity contribution >= 4 is 21.8 Å². The van der Waals surface area contributed by atoms with Crippen LogP contribution in [0.5, 0.6) is 11.5 Å². The van der Waals surface area contributed by atoms with Crippen LogP contribution in [-0.4, -0.2) is 75.7 Å². The van der Waals surface area contributed by atoms with Crippen LogP contribution in [0.25, 0.3) is 0 Å². The average molecular weight is 618 g/mol. The summed E-state index contributed by atoms with van der Waals surface area (Å²) in [5, 5.41) is 0. The van der Waals surface area contributed by atoms with E-state index >= 15 is 0 Å². The van der Waals surface area contributed by atoms with Gasteiger partial charge in [-0.05, 0) is 77.8 Å². The molecule has 9 nitrogen and oxygen atoms in total. The summed E-state index contributed by atoms with van der Waals surface area (Å²) >= 11 is 0. The van der Waals surface area contributed by atoms with E-state index < -0.39 is 10.0 Å². The van der Waals surface area contributed by atoms with Crippen molar-refractivity contribution < 1.29 is 27.5 Å². The first-order chi connectivity index (χ1) is 21.2. The average Bonchev–Trinajstić information content (AvgIpc) is 3.45. The summed E-state index contributed by atoms with van der Waals surface area (Å²) in [6, 6.07) is 22.2. The van der Waals surface area contributed by atoms with Crippen LogP contribution in [0.3, 0.4) is 0 Å². The van der Waals surface area contributed by atoms with Crippen LogP contribution in [0.1, 0.15) is 46.7 Å². The normalized spacial score (nSPS) is 18.8. The third kappa shape index (κ3) is 6.92. The molecule has 2 amide bonds. The number of nitrogens with one attached hydrogen (secondary N) is 1. The Morgan fingerprint density at radius 3 is 2.39 bits per heavy atom. The summed E-state index contributed by atoms with van der Waals surface area (Å²) in [5.41, 5.74) is 5.77. The molecule has 1 N–H and O–H groups in total. The molecule has 0 saturated carbocycles. The second-order valence-corrected chi connectivity index (χ2v) is 13.7. The standard InChI is InChI=1S/C34H39N3O6S/c1-44(40,41)35-14-12-32(38)36-15-5-18-42-29-9-4-8-27(23-29)33-31-11-10-30(43-19-17-36)22-26(31)13-16-37(33)34(39)28-20-24-6-2-3-7-25(24)21-28/h2-4,6-11,22-23,28,33,35H,5,12-21H2,1H3. The van der Waals surface area contributed by atoms with Crippen LogP contribution in [0.4, 0.5) is 0 Å². The molecule has 232 valence electrons. The lowest BCUT2D eigenvalue weighted by atomic mass is 9.86. The molecule has 4 aliphatic rings. The van der Waals surface area contributed by atoms with Gasteiger partial charge in [-0.25, -0.2) is 13.1 Å². The Morgan fingerprint density at radius 1 is 0.864 bits per heavy atom. The predicted octanol–water partition coefficient (Wildman–Crippen LogP) is 3.50. The van der Waals surface area contributed by atoms with Crippen LogP contribution in [0.15, 0.2) is 66.7 Å². The van der Waals surface area contributed by atoms with Gasteiger partial charge in [0.2, 0.25) is 21.8 Å². The third-order valence-electron chi connectivity index (χ3n) is 8.73. The van der Waals surface area contributed by atoms with Crippen molar-refractivity contribution in [2.75, 3.05) is 45.6 Å². The molecule has 3 aliphatic heterocycles. The number of ether oxygens (including phenoxy) is 2. The van der Waals surface area contributed by atoms with Crippen LogP contribution in [0.2, 0.25) is 0 Å². The Hall–Kier alpha value is -3.89. The minimum Gasteiger partial charge on any atom is -0.494 e. The van der Waals surface area contributed by atoms with Gasteiger partial charge in [-0.15, -0.1) is 0 Å².